The van der Waals surface area contributed by atoms with E-state index >= 15 is 0 Å². The number of carbonyl (C=O) groups is 2. The second kappa shape index (κ2) is 8.65. The second-order valence-electron chi connectivity index (χ2n) is 5.95. The van der Waals surface area contributed by atoms with Crippen molar-refractivity contribution in [1.82, 2.24) is 4.98 Å². The van der Waals surface area contributed by atoms with Crippen LogP contribution in [-0.4, -0.2) is 16.7 Å². The van der Waals surface area contributed by atoms with Crippen LogP contribution in [0.3, 0.4) is 0 Å². The SMILES string of the molecule is Cc1nc(NC(=O)c2cc(Cl)cc(Cl)c2)sc1C(=O)CCc1ccccc1. The Balaban J connectivity index is 1.68. The molecule has 0 unspecified atom stereocenters. The third-order valence-corrected chi connectivity index (χ3v) is 5.43. The molecule has 27 heavy (non-hydrogen) atoms. The van der Waals surface area contributed by atoms with Gasteiger partial charge in [0.1, 0.15) is 0 Å². The van der Waals surface area contributed by atoms with Crippen LogP contribution >= 0.6 is 34.5 Å². The number of amides is 1. The van der Waals surface area contributed by atoms with Crippen LogP contribution in [0.2, 0.25) is 10.0 Å². The van der Waals surface area contributed by atoms with E-state index in [-0.39, 0.29) is 11.7 Å². The summed E-state index contributed by atoms with van der Waals surface area (Å²) in [7, 11) is 0. The lowest BCUT2D eigenvalue weighted by molar-refractivity contribution is 0.0984. The van der Waals surface area contributed by atoms with Gasteiger partial charge < -0.3 is 0 Å². The zero-order valence-electron chi connectivity index (χ0n) is 14.5. The number of thiazole rings is 1. The van der Waals surface area contributed by atoms with E-state index in [1.165, 1.54) is 23.5 Å². The molecule has 0 fully saturated rings. The number of hydrogen-bond acceptors (Lipinski definition) is 4. The van der Waals surface area contributed by atoms with Crippen LogP contribution in [0.25, 0.3) is 0 Å². The Hall–Kier alpha value is -2.21. The van der Waals surface area contributed by atoms with Crippen molar-refractivity contribution in [2.75, 3.05) is 5.32 Å². The number of nitrogens with one attached hydrogen (secondary N) is 1. The Morgan fingerprint density at radius 3 is 2.41 bits per heavy atom. The number of anilines is 1. The number of aromatic nitrogens is 1. The van der Waals surface area contributed by atoms with E-state index in [2.05, 4.69) is 10.3 Å². The van der Waals surface area contributed by atoms with Crippen molar-refractivity contribution in [2.24, 2.45) is 0 Å². The van der Waals surface area contributed by atoms with Gasteiger partial charge in [-0.05, 0) is 37.1 Å². The number of halogens is 2. The average molecular weight is 419 g/mol. The first kappa shape index (κ1) is 19.5. The van der Waals surface area contributed by atoms with Crippen molar-refractivity contribution >= 4 is 51.4 Å². The molecule has 1 heterocycles. The fraction of sp³-hybridized carbons (Fsp3) is 0.150. The highest BCUT2D eigenvalue weighted by atomic mass is 35.5. The fourth-order valence-corrected chi connectivity index (χ4v) is 4.03. The number of hydrogen-bond donors (Lipinski definition) is 1. The van der Waals surface area contributed by atoms with Gasteiger partial charge in [-0.3, -0.25) is 14.9 Å². The van der Waals surface area contributed by atoms with Crippen molar-refractivity contribution in [2.45, 2.75) is 19.8 Å². The molecule has 0 aliphatic heterocycles. The summed E-state index contributed by atoms with van der Waals surface area (Å²) in [6, 6.07) is 14.4. The van der Waals surface area contributed by atoms with Crippen LogP contribution < -0.4 is 5.32 Å². The lowest BCUT2D eigenvalue weighted by atomic mass is 10.1. The van der Waals surface area contributed by atoms with Crippen molar-refractivity contribution in [3.8, 4) is 0 Å². The van der Waals surface area contributed by atoms with E-state index < -0.39 is 0 Å². The van der Waals surface area contributed by atoms with Crippen LogP contribution in [0.1, 0.15) is 37.7 Å². The maximum atomic E-state index is 12.5. The summed E-state index contributed by atoms with van der Waals surface area (Å²) in [5.41, 5.74) is 2.05. The summed E-state index contributed by atoms with van der Waals surface area (Å²) in [6.45, 7) is 1.76. The second-order valence-corrected chi connectivity index (χ2v) is 7.83. The molecule has 7 heteroatoms. The molecule has 0 aliphatic rings. The summed E-state index contributed by atoms with van der Waals surface area (Å²) < 4.78 is 0. The quantitative estimate of drug-likeness (QED) is 0.512. The lowest BCUT2D eigenvalue weighted by Gasteiger charge is -2.03. The number of ketones is 1. The number of benzene rings is 2. The smallest absolute Gasteiger partial charge is 0.257 e. The molecule has 0 radical (unpaired) electrons. The molecule has 0 spiro atoms. The number of rotatable bonds is 6. The Morgan fingerprint density at radius 1 is 1.07 bits per heavy atom. The Kier molecular flexibility index (Phi) is 6.26. The molecule has 0 bridgehead atoms. The van der Waals surface area contributed by atoms with Gasteiger partial charge in [-0.15, -0.1) is 0 Å². The zero-order chi connectivity index (χ0) is 19.4. The Morgan fingerprint density at radius 2 is 1.74 bits per heavy atom. The molecular formula is C20H16Cl2N2O2S. The summed E-state index contributed by atoms with van der Waals surface area (Å²) in [4.78, 5) is 29.8. The molecule has 0 saturated heterocycles. The number of aryl methyl sites for hydroxylation is 2. The van der Waals surface area contributed by atoms with Crippen molar-refractivity contribution in [3.05, 3.63) is 80.3 Å². The van der Waals surface area contributed by atoms with Gasteiger partial charge in [0.15, 0.2) is 10.9 Å². The van der Waals surface area contributed by atoms with Crippen LogP contribution in [0.15, 0.2) is 48.5 Å². The summed E-state index contributed by atoms with van der Waals surface area (Å²) in [6.07, 6.45) is 1.06. The van der Waals surface area contributed by atoms with Gasteiger partial charge in [-0.1, -0.05) is 64.9 Å². The Bertz CT molecular complexity index is 967. The van der Waals surface area contributed by atoms with Gasteiger partial charge in [0.2, 0.25) is 0 Å². The molecule has 0 aliphatic carbocycles. The van der Waals surface area contributed by atoms with Crippen LogP contribution in [-0.2, 0) is 6.42 Å². The summed E-state index contributed by atoms with van der Waals surface area (Å²) in [5.74, 6) is -0.364. The van der Waals surface area contributed by atoms with Gasteiger partial charge in [0.05, 0.1) is 10.6 Å². The van der Waals surface area contributed by atoms with E-state index in [9.17, 15) is 9.59 Å². The Labute approximate surface area is 171 Å². The average Bonchev–Trinajstić information content (AvgIpc) is 3.00. The van der Waals surface area contributed by atoms with Crippen LogP contribution in [0, 0.1) is 6.92 Å². The third-order valence-electron chi connectivity index (χ3n) is 3.88. The minimum Gasteiger partial charge on any atom is -0.298 e. The lowest BCUT2D eigenvalue weighted by Crippen LogP contribution is -2.11. The van der Waals surface area contributed by atoms with Gasteiger partial charge >= 0.3 is 0 Å². The molecular weight excluding hydrogens is 403 g/mol. The topological polar surface area (TPSA) is 59.1 Å². The predicted octanol–water partition coefficient (Wildman–Crippen LogP) is 5.83. The van der Waals surface area contributed by atoms with Crippen LogP contribution in [0.5, 0.6) is 0 Å². The predicted molar refractivity (Wildman–Crippen MR) is 110 cm³/mol. The standard InChI is InChI=1S/C20H16Cl2N2O2S/c1-12-18(17(25)8-7-13-5-3-2-4-6-13)27-20(23-12)24-19(26)14-9-15(21)11-16(22)10-14/h2-6,9-11H,7-8H2,1H3,(H,23,24,26). The van der Waals surface area contributed by atoms with E-state index in [0.29, 0.717) is 44.2 Å². The van der Waals surface area contributed by atoms with Crippen LogP contribution in [0.4, 0.5) is 5.13 Å². The van der Waals surface area contributed by atoms with Gasteiger partial charge in [0, 0.05) is 22.0 Å². The third kappa shape index (κ3) is 5.16. The molecule has 4 nitrogen and oxygen atoms in total. The highest BCUT2D eigenvalue weighted by Crippen LogP contribution is 2.26. The maximum absolute atomic E-state index is 12.5. The minimum atomic E-state index is -0.378. The van der Waals surface area contributed by atoms with Crippen molar-refractivity contribution in [3.63, 3.8) is 0 Å². The van der Waals surface area contributed by atoms with Crippen molar-refractivity contribution < 1.29 is 9.59 Å². The number of carbonyl (C=O) groups excluding carboxylic acids is 2. The molecule has 3 aromatic rings. The maximum Gasteiger partial charge on any atom is 0.257 e. The van der Waals surface area contributed by atoms with E-state index in [4.69, 9.17) is 23.2 Å². The van der Waals surface area contributed by atoms with Gasteiger partial charge in [-0.2, -0.15) is 0 Å². The highest BCUT2D eigenvalue weighted by Gasteiger charge is 2.17. The van der Waals surface area contributed by atoms with Crippen molar-refractivity contribution in [1.29, 1.82) is 0 Å². The normalized spacial score (nSPS) is 10.6. The molecule has 1 N–H and O–H groups in total. The molecule has 1 aromatic heterocycles. The molecule has 2 aromatic carbocycles. The number of Topliss-reactive ketones (excluding diaryl/α,β-unsaturated/α-hetero) is 1. The first-order valence-corrected chi connectivity index (χ1v) is 9.81. The van der Waals surface area contributed by atoms with Gasteiger partial charge in [0.25, 0.3) is 5.91 Å². The minimum absolute atomic E-state index is 0.0140. The molecule has 138 valence electrons. The molecule has 1 amide bonds. The largest absolute Gasteiger partial charge is 0.298 e. The molecule has 3 rings (SSSR count). The van der Waals surface area contributed by atoms with Gasteiger partial charge in [-0.25, -0.2) is 4.98 Å². The first-order valence-electron chi connectivity index (χ1n) is 8.24. The summed E-state index contributed by atoms with van der Waals surface area (Å²) >= 11 is 13.0. The van der Waals surface area contributed by atoms with E-state index in [1.54, 1.807) is 13.0 Å². The zero-order valence-corrected chi connectivity index (χ0v) is 16.8. The fourth-order valence-electron chi connectivity index (χ4n) is 2.58. The monoisotopic (exact) mass is 418 g/mol. The number of nitrogens with zero attached hydrogens (tertiary/aromatic N) is 1. The highest BCUT2D eigenvalue weighted by molar-refractivity contribution is 7.17. The van der Waals surface area contributed by atoms with E-state index in [1.807, 2.05) is 30.3 Å². The molecule has 0 saturated carbocycles. The summed E-state index contributed by atoms with van der Waals surface area (Å²) in [5, 5.41) is 3.82. The van der Waals surface area contributed by atoms with E-state index in [0.717, 1.165) is 5.56 Å². The first-order chi connectivity index (χ1) is 12.9. The molecule has 0 atom stereocenters.